The van der Waals surface area contributed by atoms with Gasteiger partial charge in [0.05, 0.1) is 4.92 Å². The van der Waals surface area contributed by atoms with E-state index in [2.05, 4.69) is 5.32 Å². The third-order valence-corrected chi connectivity index (χ3v) is 3.90. The highest BCUT2D eigenvalue weighted by Crippen LogP contribution is 2.30. The zero-order chi connectivity index (χ0) is 18.2. The number of carbonyl (C=O) groups is 1. The van der Waals surface area contributed by atoms with Gasteiger partial charge in [0.15, 0.2) is 0 Å². The lowest BCUT2D eigenvalue weighted by Crippen LogP contribution is -2.31. The van der Waals surface area contributed by atoms with Gasteiger partial charge >= 0.3 is 5.69 Å². The molecule has 0 radical (unpaired) electrons. The van der Waals surface area contributed by atoms with Crippen LogP contribution in [-0.4, -0.2) is 28.8 Å². The molecule has 0 fully saturated rings. The van der Waals surface area contributed by atoms with E-state index in [0.29, 0.717) is 25.3 Å². The Hall–Kier alpha value is -2.89. The monoisotopic (exact) mass is 341 g/mol. The molecule has 2 aromatic carbocycles. The van der Waals surface area contributed by atoms with Gasteiger partial charge in [-0.2, -0.15) is 0 Å². The fourth-order valence-electron chi connectivity index (χ4n) is 2.62. The number of para-hydroxylation sites is 1. The quantitative estimate of drug-likeness (QED) is 0.580. The van der Waals surface area contributed by atoms with E-state index >= 15 is 0 Å². The first-order valence-electron chi connectivity index (χ1n) is 8.42. The maximum absolute atomic E-state index is 12.9. The van der Waals surface area contributed by atoms with Crippen LogP contribution in [0, 0.1) is 10.1 Å². The summed E-state index contributed by atoms with van der Waals surface area (Å²) in [7, 11) is 0. The zero-order valence-corrected chi connectivity index (χ0v) is 14.6. The molecule has 2 rings (SSSR count). The van der Waals surface area contributed by atoms with Gasteiger partial charge in [0, 0.05) is 19.6 Å². The number of hydrogen-bond donors (Lipinski definition) is 1. The van der Waals surface area contributed by atoms with Crippen LogP contribution in [0.25, 0.3) is 0 Å². The van der Waals surface area contributed by atoms with Gasteiger partial charge in [-0.3, -0.25) is 14.9 Å². The van der Waals surface area contributed by atoms with E-state index in [4.69, 9.17) is 0 Å². The van der Waals surface area contributed by atoms with Crippen molar-refractivity contribution in [3.05, 3.63) is 69.8 Å². The van der Waals surface area contributed by atoms with Crippen molar-refractivity contribution < 1.29 is 9.72 Å². The number of nitrogens with zero attached hydrogens (tertiary/aromatic N) is 2. The summed E-state index contributed by atoms with van der Waals surface area (Å²) in [5, 5.41) is 14.6. The first kappa shape index (κ1) is 18.4. The molecule has 0 heterocycles. The number of anilines is 1. The van der Waals surface area contributed by atoms with E-state index in [9.17, 15) is 14.9 Å². The number of nitrogens with one attached hydrogen (secondary N) is 1. The summed E-state index contributed by atoms with van der Waals surface area (Å²) in [5.41, 5.74) is 1.32. The number of nitro benzene ring substituents is 1. The largest absolute Gasteiger partial charge is 0.379 e. The van der Waals surface area contributed by atoms with Crippen LogP contribution in [0.4, 0.5) is 11.4 Å². The van der Waals surface area contributed by atoms with E-state index in [1.54, 1.807) is 17.0 Å². The molecule has 0 aliphatic carbocycles. The minimum Gasteiger partial charge on any atom is -0.379 e. The SMILES string of the molecule is CCCNc1cccc(C(=O)N(CC)Cc2ccccc2)c1[N+](=O)[O-]. The van der Waals surface area contributed by atoms with Gasteiger partial charge in [-0.25, -0.2) is 0 Å². The molecule has 0 bridgehead atoms. The van der Waals surface area contributed by atoms with Crippen molar-refractivity contribution in [2.75, 3.05) is 18.4 Å². The molecule has 1 amide bonds. The third-order valence-electron chi connectivity index (χ3n) is 3.90. The molecule has 0 aliphatic heterocycles. The Kier molecular flexibility index (Phi) is 6.51. The summed E-state index contributed by atoms with van der Waals surface area (Å²) in [6.07, 6.45) is 0.838. The van der Waals surface area contributed by atoms with Crippen LogP contribution in [0.15, 0.2) is 48.5 Å². The van der Waals surface area contributed by atoms with Crippen LogP contribution >= 0.6 is 0 Å². The van der Waals surface area contributed by atoms with Crippen molar-refractivity contribution in [1.82, 2.24) is 4.90 Å². The van der Waals surface area contributed by atoms with Crippen LogP contribution in [0.1, 0.15) is 36.2 Å². The highest BCUT2D eigenvalue weighted by Gasteiger charge is 2.27. The first-order chi connectivity index (χ1) is 12.1. The molecule has 0 atom stereocenters. The van der Waals surface area contributed by atoms with Crippen molar-refractivity contribution in [2.24, 2.45) is 0 Å². The summed E-state index contributed by atoms with van der Waals surface area (Å²) in [6, 6.07) is 14.4. The van der Waals surface area contributed by atoms with Crippen LogP contribution in [-0.2, 0) is 6.54 Å². The number of carbonyl (C=O) groups excluding carboxylic acids is 1. The summed E-state index contributed by atoms with van der Waals surface area (Å²) in [4.78, 5) is 25.6. The number of rotatable bonds is 8. The fourth-order valence-corrected chi connectivity index (χ4v) is 2.62. The zero-order valence-electron chi connectivity index (χ0n) is 14.6. The minimum absolute atomic E-state index is 0.115. The van der Waals surface area contributed by atoms with Gasteiger partial charge in [0.1, 0.15) is 11.3 Å². The Balaban J connectivity index is 2.34. The molecule has 0 aromatic heterocycles. The maximum atomic E-state index is 12.9. The van der Waals surface area contributed by atoms with Gasteiger partial charge in [0.25, 0.3) is 5.91 Å². The van der Waals surface area contributed by atoms with E-state index in [1.807, 2.05) is 44.2 Å². The van der Waals surface area contributed by atoms with Crippen LogP contribution < -0.4 is 5.32 Å². The average Bonchev–Trinajstić information content (AvgIpc) is 2.64. The molecule has 6 nitrogen and oxygen atoms in total. The van der Waals surface area contributed by atoms with E-state index < -0.39 is 4.92 Å². The number of nitro groups is 1. The lowest BCUT2D eigenvalue weighted by atomic mass is 10.1. The van der Waals surface area contributed by atoms with Crippen molar-refractivity contribution in [2.45, 2.75) is 26.8 Å². The Labute approximate surface area is 147 Å². The van der Waals surface area contributed by atoms with Crippen molar-refractivity contribution in [3.63, 3.8) is 0 Å². The lowest BCUT2D eigenvalue weighted by Gasteiger charge is -2.21. The lowest BCUT2D eigenvalue weighted by molar-refractivity contribution is -0.384. The van der Waals surface area contributed by atoms with Gasteiger partial charge in [-0.1, -0.05) is 43.3 Å². The minimum atomic E-state index is -0.485. The van der Waals surface area contributed by atoms with Gasteiger partial charge in [-0.05, 0) is 31.0 Å². The van der Waals surface area contributed by atoms with Crippen molar-refractivity contribution >= 4 is 17.3 Å². The van der Waals surface area contributed by atoms with Crippen LogP contribution in [0.3, 0.4) is 0 Å². The molecule has 0 saturated heterocycles. The molecule has 1 N–H and O–H groups in total. The molecular formula is C19H23N3O3. The van der Waals surface area contributed by atoms with E-state index in [-0.39, 0.29) is 17.2 Å². The Bertz CT molecular complexity index is 732. The average molecular weight is 341 g/mol. The Morgan fingerprint density at radius 2 is 1.84 bits per heavy atom. The van der Waals surface area contributed by atoms with Crippen molar-refractivity contribution in [1.29, 1.82) is 0 Å². The van der Waals surface area contributed by atoms with Gasteiger partial charge in [-0.15, -0.1) is 0 Å². The van der Waals surface area contributed by atoms with E-state index in [1.165, 1.54) is 6.07 Å². The van der Waals surface area contributed by atoms with Gasteiger partial charge < -0.3 is 10.2 Å². The smallest absolute Gasteiger partial charge is 0.305 e. The molecule has 0 spiro atoms. The topological polar surface area (TPSA) is 75.5 Å². The second-order valence-corrected chi connectivity index (χ2v) is 5.69. The predicted molar refractivity (Wildman–Crippen MR) is 98.7 cm³/mol. The fraction of sp³-hybridized carbons (Fsp3) is 0.316. The Morgan fingerprint density at radius 1 is 1.12 bits per heavy atom. The standard InChI is InChI=1S/C19H23N3O3/c1-3-13-20-17-12-8-11-16(18(17)22(24)25)19(23)21(4-2)14-15-9-6-5-7-10-15/h5-12,20H,3-4,13-14H2,1-2H3. The molecule has 25 heavy (non-hydrogen) atoms. The predicted octanol–water partition coefficient (Wildman–Crippen LogP) is 4.08. The summed E-state index contributed by atoms with van der Waals surface area (Å²) >= 11 is 0. The van der Waals surface area contributed by atoms with Crippen LogP contribution in [0.2, 0.25) is 0 Å². The Morgan fingerprint density at radius 3 is 2.44 bits per heavy atom. The van der Waals surface area contributed by atoms with E-state index in [0.717, 1.165) is 12.0 Å². The second-order valence-electron chi connectivity index (χ2n) is 5.69. The summed E-state index contributed by atoms with van der Waals surface area (Å²) < 4.78 is 0. The molecule has 132 valence electrons. The number of benzene rings is 2. The first-order valence-corrected chi connectivity index (χ1v) is 8.42. The third kappa shape index (κ3) is 4.56. The maximum Gasteiger partial charge on any atom is 0.305 e. The number of hydrogen-bond acceptors (Lipinski definition) is 4. The molecular weight excluding hydrogens is 318 g/mol. The molecule has 0 saturated carbocycles. The highest BCUT2D eigenvalue weighted by atomic mass is 16.6. The normalized spacial score (nSPS) is 10.3. The second kappa shape index (κ2) is 8.82. The summed E-state index contributed by atoms with van der Waals surface area (Å²) in [6.45, 7) is 5.34. The highest BCUT2D eigenvalue weighted by molar-refractivity contribution is 6.00. The molecule has 6 heteroatoms. The molecule has 0 unspecified atom stereocenters. The van der Waals surface area contributed by atoms with Crippen molar-refractivity contribution in [3.8, 4) is 0 Å². The van der Waals surface area contributed by atoms with Gasteiger partial charge in [0.2, 0.25) is 0 Å². The number of amides is 1. The summed E-state index contributed by atoms with van der Waals surface area (Å²) in [5.74, 6) is -0.335. The van der Waals surface area contributed by atoms with Crippen LogP contribution in [0.5, 0.6) is 0 Å². The molecule has 0 aliphatic rings. The molecule has 2 aromatic rings.